The van der Waals surface area contributed by atoms with Gasteiger partial charge in [-0.3, -0.25) is 0 Å². The fraction of sp³-hybridized carbons (Fsp3) is 0.182. The molecular weight excluding hydrogens is 178 g/mol. The molecule has 0 bridgehead atoms. The molecule has 0 spiro atoms. The van der Waals surface area contributed by atoms with E-state index in [1.165, 1.54) is 7.11 Å². The highest BCUT2D eigenvalue weighted by molar-refractivity contribution is 5.92. The molecule has 2 heterocycles. The van der Waals surface area contributed by atoms with Crippen molar-refractivity contribution < 1.29 is 9.53 Å². The highest BCUT2D eigenvalue weighted by Crippen LogP contribution is 2.19. The lowest BCUT2D eigenvalue weighted by atomic mass is 10.1. The van der Waals surface area contributed by atoms with Crippen LogP contribution in [0.3, 0.4) is 0 Å². The van der Waals surface area contributed by atoms with E-state index in [0.717, 1.165) is 12.2 Å². The Hall–Kier alpha value is -1.77. The zero-order chi connectivity index (χ0) is 9.97. The first kappa shape index (κ1) is 8.81. The summed E-state index contributed by atoms with van der Waals surface area (Å²) in [4.78, 5) is 13.3. The van der Waals surface area contributed by atoms with Crippen molar-refractivity contribution in [1.82, 2.24) is 4.90 Å². The molecular formula is C11H11NO2. The van der Waals surface area contributed by atoms with Crippen LogP contribution in [0.2, 0.25) is 0 Å². The number of methoxy groups -OCH3 is 1. The fourth-order valence-electron chi connectivity index (χ4n) is 1.46. The third kappa shape index (κ3) is 1.48. The number of esters is 1. The van der Waals surface area contributed by atoms with E-state index in [4.69, 9.17) is 0 Å². The van der Waals surface area contributed by atoms with Gasteiger partial charge in [0, 0.05) is 18.4 Å². The molecule has 2 aliphatic heterocycles. The number of carbonyl (C=O) groups is 1. The van der Waals surface area contributed by atoms with Gasteiger partial charge >= 0.3 is 5.97 Å². The molecule has 0 aromatic heterocycles. The van der Waals surface area contributed by atoms with Gasteiger partial charge in [-0.15, -0.1) is 0 Å². The number of hydrogen-bond acceptors (Lipinski definition) is 3. The summed E-state index contributed by atoms with van der Waals surface area (Å²) in [6.07, 6.45) is 11.6. The Morgan fingerprint density at radius 3 is 3.14 bits per heavy atom. The summed E-state index contributed by atoms with van der Waals surface area (Å²) < 4.78 is 4.66. The van der Waals surface area contributed by atoms with Crippen LogP contribution >= 0.6 is 0 Å². The van der Waals surface area contributed by atoms with Gasteiger partial charge in [0.2, 0.25) is 0 Å². The molecule has 3 heteroatoms. The maximum Gasteiger partial charge on any atom is 0.337 e. The second-order valence-corrected chi connectivity index (χ2v) is 3.07. The number of carbonyl (C=O) groups excluding carboxylic acids is 1. The number of hydrogen-bond donors (Lipinski definition) is 0. The molecule has 2 aliphatic rings. The molecule has 0 unspecified atom stereocenters. The monoisotopic (exact) mass is 189 g/mol. The Morgan fingerprint density at radius 1 is 1.50 bits per heavy atom. The molecule has 0 atom stereocenters. The topological polar surface area (TPSA) is 29.5 Å². The van der Waals surface area contributed by atoms with Crippen LogP contribution in [0.1, 0.15) is 0 Å². The minimum atomic E-state index is -0.278. The van der Waals surface area contributed by atoms with Crippen molar-refractivity contribution in [2.24, 2.45) is 0 Å². The fourth-order valence-corrected chi connectivity index (χ4v) is 1.46. The van der Waals surface area contributed by atoms with Crippen molar-refractivity contribution in [1.29, 1.82) is 0 Å². The van der Waals surface area contributed by atoms with E-state index < -0.39 is 0 Å². The average Bonchev–Trinajstić information content (AvgIpc) is 2.27. The minimum Gasteiger partial charge on any atom is -0.465 e. The highest BCUT2D eigenvalue weighted by atomic mass is 16.5. The van der Waals surface area contributed by atoms with Gasteiger partial charge in [-0.25, -0.2) is 4.79 Å². The quantitative estimate of drug-likeness (QED) is 0.583. The van der Waals surface area contributed by atoms with Crippen LogP contribution in [-0.4, -0.2) is 24.5 Å². The Morgan fingerprint density at radius 2 is 2.36 bits per heavy atom. The molecule has 0 radical (unpaired) electrons. The highest BCUT2D eigenvalue weighted by Gasteiger charge is 2.15. The van der Waals surface area contributed by atoms with Crippen LogP contribution in [0, 0.1) is 0 Å². The maximum atomic E-state index is 11.2. The van der Waals surface area contributed by atoms with E-state index in [0.29, 0.717) is 5.57 Å². The molecule has 0 aromatic rings. The number of allylic oxidation sites excluding steroid dienone is 3. The van der Waals surface area contributed by atoms with Crippen LogP contribution in [-0.2, 0) is 9.53 Å². The molecule has 14 heavy (non-hydrogen) atoms. The second kappa shape index (κ2) is 3.54. The van der Waals surface area contributed by atoms with E-state index in [1.807, 2.05) is 36.6 Å². The van der Waals surface area contributed by atoms with Crippen LogP contribution in [0.4, 0.5) is 0 Å². The van der Waals surface area contributed by atoms with Gasteiger partial charge in [-0.05, 0) is 18.2 Å². The number of fused-ring (bicyclic) bond motifs is 1. The molecule has 72 valence electrons. The van der Waals surface area contributed by atoms with Crippen molar-refractivity contribution in [3.8, 4) is 0 Å². The van der Waals surface area contributed by atoms with Crippen molar-refractivity contribution in [2.75, 3.05) is 13.7 Å². The van der Waals surface area contributed by atoms with Crippen molar-refractivity contribution in [3.05, 3.63) is 47.9 Å². The molecule has 0 saturated heterocycles. The van der Waals surface area contributed by atoms with Crippen molar-refractivity contribution >= 4 is 5.97 Å². The van der Waals surface area contributed by atoms with E-state index in [9.17, 15) is 4.79 Å². The summed E-state index contributed by atoms with van der Waals surface area (Å²) in [5.41, 5.74) is 1.65. The van der Waals surface area contributed by atoms with Crippen LogP contribution in [0.15, 0.2) is 47.9 Å². The van der Waals surface area contributed by atoms with Crippen molar-refractivity contribution in [2.45, 2.75) is 0 Å². The predicted molar refractivity (Wildman–Crippen MR) is 53.2 cm³/mol. The van der Waals surface area contributed by atoms with E-state index >= 15 is 0 Å². The lowest BCUT2D eigenvalue weighted by Crippen LogP contribution is -2.22. The first-order chi connectivity index (χ1) is 6.81. The maximum absolute atomic E-state index is 11.2. The molecule has 0 aliphatic carbocycles. The number of nitrogens with zero attached hydrogens (tertiary/aromatic N) is 1. The lowest BCUT2D eigenvalue weighted by Gasteiger charge is -2.25. The van der Waals surface area contributed by atoms with Gasteiger partial charge in [-0.1, -0.05) is 12.2 Å². The first-order valence-corrected chi connectivity index (χ1v) is 4.43. The van der Waals surface area contributed by atoms with E-state index in [-0.39, 0.29) is 5.97 Å². The largest absolute Gasteiger partial charge is 0.465 e. The Kier molecular flexibility index (Phi) is 2.23. The van der Waals surface area contributed by atoms with Gasteiger partial charge in [0.15, 0.2) is 0 Å². The zero-order valence-electron chi connectivity index (χ0n) is 7.93. The second-order valence-electron chi connectivity index (χ2n) is 3.07. The van der Waals surface area contributed by atoms with Crippen LogP contribution < -0.4 is 0 Å². The summed E-state index contributed by atoms with van der Waals surface area (Å²) in [6, 6.07) is 0. The Labute approximate surface area is 82.7 Å². The third-order valence-electron chi connectivity index (χ3n) is 2.21. The normalized spacial score (nSPS) is 18.5. The van der Waals surface area contributed by atoms with Gasteiger partial charge in [-0.2, -0.15) is 0 Å². The van der Waals surface area contributed by atoms with Gasteiger partial charge < -0.3 is 9.64 Å². The van der Waals surface area contributed by atoms with Gasteiger partial charge in [0.1, 0.15) is 0 Å². The van der Waals surface area contributed by atoms with Gasteiger partial charge in [0.05, 0.1) is 12.7 Å². The molecule has 0 N–H and O–H groups in total. The molecule has 0 amide bonds. The molecule has 2 rings (SSSR count). The SMILES string of the molecule is COC(=O)C1=CCN2C=CC=CC2=C1. The van der Waals surface area contributed by atoms with Crippen LogP contribution in [0.25, 0.3) is 0 Å². The molecule has 0 fully saturated rings. The standard InChI is InChI=1S/C11H11NO2/c1-14-11(13)9-5-7-12-6-3-2-4-10(12)8-9/h2-6,8H,7H2,1H3. The molecule has 0 saturated carbocycles. The summed E-state index contributed by atoms with van der Waals surface area (Å²) >= 11 is 0. The van der Waals surface area contributed by atoms with Crippen LogP contribution in [0.5, 0.6) is 0 Å². The summed E-state index contributed by atoms with van der Waals surface area (Å²) in [5.74, 6) is -0.278. The van der Waals surface area contributed by atoms with E-state index in [1.54, 1.807) is 0 Å². The summed E-state index contributed by atoms with van der Waals surface area (Å²) in [5, 5.41) is 0. The van der Waals surface area contributed by atoms with E-state index in [2.05, 4.69) is 9.64 Å². The summed E-state index contributed by atoms with van der Waals surface area (Å²) in [6.45, 7) is 0.719. The number of ether oxygens (including phenoxy) is 1. The zero-order valence-corrected chi connectivity index (χ0v) is 7.93. The minimum absolute atomic E-state index is 0.278. The molecule has 0 aromatic carbocycles. The predicted octanol–water partition coefficient (Wildman–Crippen LogP) is 1.37. The first-order valence-electron chi connectivity index (χ1n) is 4.43. The smallest absolute Gasteiger partial charge is 0.337 e. The average molecular weight is 189 g/mol. The Balaban J connectivity index is 2.24. The van der Waals surface area contributed by atoms with Crippen molar-refractivity contribution in [3.63, 3.8) is 0 Å². The third-order valence-corrected chi connectivity index (χ3v) is 2.21. The molecule has 3 nitrogen and oxygen atoms in total. The van der Waals surface area contributed by atoms with Gasteiger partial charge in [0.25, 0.3) is 0 Å². The Bertz CT molecular complexity index is 375. The summed E-state index contributed by atoms with van der Waals surface area (Å²) in [7, 11) is 1.39. The number of rotatable bonds is 1. The lowest BCUT2D eigenvalue weighted by molar-refractivity contribution is -0.135.